The number of aromatic nitrogens is 2. The van der Waals surface area contributed by atoms with Crippen LogP contribution in [0.15, 0.2) is 315 Å². The second-order valence-electron chi connectivity index (χ2n) is 20.5. The van der Waals surface area contributed by atoms with E-state index in [4.69, 9.17) is 0 Å². The van der Waals surface area contributed by atoms with Gasteiger partial charge in [0.1, 0.15) is 0 Å². The molecule has 0 fully saturated rings. The molecular formula is C76H52N4. The van der Waals surface area contributed by atoms with Gasteiger partial charge in [-0.15, -0.1) is 0 Å². The molecule has 0 amide bonds. The van der Waals surface area contributed by atoms with Crippen LogP contribution in [0, 0.1) is 0 Å². The number of anilines is 6. The number of para-hydroxylation sites is 4. The maximum absolute atomic E-state index is 2.52. The Bertz CT molecular complexity index is 4680. The highest BCUT2D eigenvalue weighted by atomic mass is 15.2. The fraction of sp³-hybridized carbons (Fsp3) is 0. The van der Waals surface area contributed by atoms with E-state index < -0.39 is 0 Å². The third-order valence-electron chi connectivity index (χ3n) is 15.8. The lowest BCUT2D eigenvalue weighted by atomic mass is 9.94. The third-order valence-corrected chi connectivity index (χ3v) is 15.8. The normalized spacial score (nSPS) is 11.5. The third kappa shape index (κ3) is 8.01. The van der Waals surface area contributed by atoms with Crippen molar-refractivity contribution in [2.45, 2.75) is 0 Å². The second-order valence-corrected chi connectivity index (χ2v) is 20.5. The molecule has 376 valence electrons. The first kappa shape index (κ1) is 46.6. The van der Waals surface area contributed by atoms with Gasteiger partial charge < -0.3 is 18.9 Å². The van der Waals surface area contributed by atoms with Crippen molar-refractivity contribution in [2.75, 3.05) is 9.80 Å². The number of benzene rings is 13. The highest BCUT2D eigenvalue weighted by Crippen LogP contribution is 2.48. The van der Waals surface area contributed by atoms with Gasteiger partial charge in [0.05, 0.1) is 22.2 Å². The Labute approximate surface area is 465 Å². The van der Waals surface area contributed by atoms with Gasteiger partial charge in [0.2, 0.25) is 0 Å². The fourth-order valence-corrected chi connectivity index (χ4v) is 12.3. The van der Waals surface area contributed by atoms with Crippen LogP contribution in [0.25, 0.3) is 99.1 Å². The largest absolute Gasteiger partial charge is 0.311 e. The van der Waals surface area contributed by atoms with E-state index in [1.165, 1.54) is 76.7 Å². The van der Waals surface area contributed by atoms with Crippen LogP contribution in [-0.4, -0.2) is 9.13 Å². The summed E-state index contributed by atoms with van der Waals surface area (Å²) in [5.41, 5.74) is 19.3. The van der Waals surface area contributed by atoms with Gasteiger partial charge in [-0.1, -0.05) is 206 Å². The number of hydrogen-bond donors (Lipinski definition) is 0. The van der Waals surface area contributed by atoms with Crippen LogP contribution in [0.4, 0.5) is 34.1 Å². The van der Waals surface area contributed by atoms with E-state index in [0.29, 0.717) is 0 Å². The van der Waals surface area contributed by atoms with E-state index in [1.807, 2.05) is 0 Å². The summed E-state index contributed by atoms with van der Waals surface area (Å²) in [4.78, 5) is 4.71. The maximum atomic E-state index is 2.52. The Morgan fingerprint density at radius 1 is 0.237 bits per heavy atom. The Balaban J connectivity index is 0.900. The fourth-order valence-electron chi connectivity index (χ4n) is 12.3. The van der Waals surface area contributed by atoms with Crippen LogP contribution in [0.1, 0.15) is 0 Å². The first-order valence-electron chi connectivity index (χ1n) is 27.4. The molecule has 0 saturated heterocycles. The van der Waals surface area contributed by atoms with Crippen molar-refractivity contribution >= 4 is 88.4 Å². The molecule has 80 heavy (non-hydrogen) atoms. The summed E-state index contributed by atoms with van der Waals surface area (Å²) in [5, 5.41) is 8.44. The zero-order valence-electron chi connectivity index (χ0n) is 43.8. The van der Waals surface area contributed by atoms with Crippen LogP contribution in [0.2, 0.25) is 0 Å². The molecule has 4 nitrogen and oxygen atoms in total. The SMILES string of the molecule is c1ccc(-c2c(-c3ccccc3)n(-c3ccc4ccccc4c3)c3c2ccc2c(-c4ccc(N(c5ccc(N(c6ccccc6)c6ccccc6)cc5)c5ccc6c(c5)c5ccccc5n6-c5ccccc5)cc4)cccc23)cc1. The predicted octanol–water partition coefficient (Wildman–Crippen LogP) is 21.0. The summed E-state index contributed by atoms with van der Waals surface area (Å²) in [6.07, 6.45) is 0. The molecule has 2 aromatic heterocycles. The van der Waals surface area contributed by atoms with Gasteiger partial charge in [0.25, 0.3) is 0 Å². The molecule has 4 heteroatoms. The Morgan fingerprint density at radius 2 is 0.738 bits per heavy atom. The highest BCUT2D eigenvalue weighted by molar-refractivity contribution is 6.18. The predicted molar refractivity (Wildman–Crippen MR) is 338 cm³/mol. The minimum absolute atomic E-state index is 1.05. The first-order valence-corrected chi connectivity index (χ1v) is 27.4. The van der Waals surface area contributed by atoms with Gasteiger partial charge in [0, 0.05) is 72.6 Å². The summed E-state index contributed by atoms with van der Waals surface area (Å²) >= 11 is 0. The quantitative estimate of drug-likeness (QED) is 0.128. The summed E-state index contributed by atoms with van der Waals surface area (Å²) in [7, 11) is 0. The molecule has 0 bridgehead atoms. The molecule has 0 radical (unpaired) electrons. The van der Waals surface area contributed by atoms with Gasteiger partial charge >= 0.3 is 0 Å². The molecule has 0 aliphatic heterocycles. The van der Waals surface area contributed by atoms with Crippen molar-refractivity contribution in [3.63, 3.8) is 0 Å². The molecule has 0 aliphatic rings. The second kappa shape index (κ2) is 19.7. The molecule has 0 aliphatic carbocycles. The smallest absolute Gasteiger partial charge is 0.0620 e. The lowest BCUT2D eigenvalue weighted by Crippen LogP contribution is -2.12. The number of nitrogens with zero attached hydrogens (tertiary/aromatic N) is 4. The van der Waals surface area contributed by atoms with E-state index in [1.54, 1.807) is 0 Å². The van der Waals surface area contributed by atoms with Crippen molar-refractivity contribution in [3.8, 4) is 44.9 Å². The molecule has 0 spiro atoms. The van der Waals surface area contributed by atoms with Crippen LogP contribution < -0.4 is 9.80 Å². The number of fused-ring (bicyclic) bond motifs is 7. The van der Waals surface area contributed by atoms with E-state index in [-0.39, 0.29) is 0 Å². The van der Waals surface area contributed by atoms with Crippen molar-refractivity contribution < 1.29 is 0 Å². The van der Waals surface area contributed by atoms with E-state index in [0.717, 1.165) is 56.6 Å². The Morgan fingerprint density at radius 3 is 1.41 bits per heavy atom. The van der Waals surface area contributed by atoms with Gasteiger partial charge in [-0.05, 0) is 148 Å². The Hall–Kier alpha value is -10.7. The van der Waals surface area contributed by atoms with Crippen molar-refractivity contribution in [3.05, 3.63) is 315 Å². The van der Waals surface area contributed by atoms with Crippen LogP contribution in [-0.2, 0) is 0 Å². The van der Waals surface area contributed by atoms with Crippen molar-refractivity contribution in [1.29, 1.82) is 0 Å². The van der Waals surface area contributed by atoms with Crippen molar-refractivity contribution in [1.82, 2.24) is 9.13 Å². The molecule has 15 aromatic rings. The molecule has 0 unspecified atom stereocenters. The van der Waals surface area contributed by atoms with Crippen molar-refractivity contribution in [2.24, 2.45) is 0 Å². The minimum atomic E-state index is 1.05. The molecule has 0 saturated carbocycles. The van der Waals surface area contributed by atoms with Gasteiger partial charge in [-0.3, -0.25) is 0 Å². The topological polar surface area (TPSA) is 16.3 Å². The zero-order valence-corrected chi connectivity index (χ0v) is 43.8. The van der Waals surface area contributed by atoms with Crippen LogP contribution >= 0.6 is 0 Å². The first-order chi connectivity index (χ1) is 39.7. The average molecular weight is 1020 g/mol. The van der Waals surface area contributed by atoms with E-state index in [2.05, 4.69) is 334 Å². The van der Waals surface area contributed by atoms with Gasteiger partial charge in [-0.25, -0.2) is 0 Å². The van der Waals surface area contributed by atoms with Crippen LogP contribution in [0.5, 0.6) is 0 Å². The maximum Gasteiger partial charge on any atom is 0.0620 e. The van der Waals surface area contributed by atoms with Crippen LogP contribution in [0.3, 0.4) is 0 Å². The molecule has 15 rings (SSSR count). The lowest BCUT2D eigenvalue weighted by Gasteiger charge is -2.28. The summed E-state index contributed by atoms with van der Waals surface area (Å²) in [6, 6.07) is 115. The summed E-state index contributed by atoms with van der Waals surface area (Å²) < 4.78 is 4.90. The number of hydrogen-bond acceptors (Lipinski definition) is 2. The molecule has 0 N–H and O–H groups in total. The Kier molecular flexibility index (Phi) is 11.5. The number of rotatable bonds is 11. The standard InChI is InChI=1S/C76H52N4/c1-6-22-55(23-7-1)74-70-49-48-67-66(34-20-35-69(67)76(70)80(75(74)56-24-8-2-9-25-56)64-42-37-53-21-16-17-26-57(53)51-64)54-38-40-61(41-39-54)78(63-45-43-62(44-46-63)77(58-27-10-3-11-28-58)59-29-12-4-13-30-59)65-47-50-73-71(52-65)68-33-18-19-36-72(68)79(73)60-31-14-5-15-32-60/h1-52H. The summed E-state index contributed by atoms with van der Waals surface area (Å²) in [5.74, 6) is 0. The van der Waals surface area contributed by atoms with Gasteiger partial charge in [0.15, 0.2) is 0 Å². The van der Waals surface area contributed by atoms with E-state index >= 15 is 0 Å². The molecule has 13 aromatic carbocycles. The molecular weight excluding hydrogens is 969 g/mol. The highest BCUT2D eigenvalue weighted by Gasteiger charge is 2.25. The van der Waals surface area contributed by atoms with Gasteiger partial charge in [-0.2, -0.15) is 0 Å². The average Bonchev–Trinajstić information content (AvgIpc) is 4.29. The lowest BCUT2D eigenvalue weighted by molar-refractivity contribution is 1.14. The molecule has 0 atom stereocenters. The van der Waals surface area contributed by atoms with E-state index in [9.17, 15) is 0 Å². The molecule has 2 heterocycles. The minimum Gasteiger partial charge on any atom is -0.311 e. The summed E-state index contributed by atoms with van der Waals surface area (Å²) in [6.45, 7) is 0. The monoisotopic (exact) mass is 1020 g/mol. The zero-order chi connectivity index (χ0) is 52.9.